The van der Waals surface area contributed by atoms with Gasteiger partial charge in [-0.05, 0) is 57.2 Å². The van der Waals surface area contributed by atoms with Crippen LogP contribution in [0.25, 0.3) is 0 Å². The van der Waals surface area contributed by atoms with Gasteiger partial charge in [0, 0.05) is 17.2 Å². The summed E-state index contributed by atoms with van der Waals surface area (Å²) in [6.45, 7) is 5.11. The van der Waals surface area contributed by atoms with E-state index in [1.54, 1.807) is 45.0 Å². The van der Waals surface area contributed by atoms with E-state index in [4.69, 9.17) is 17.0 Å². The second-order valence-electron chi connectivity index (χ2n) is 7.14. The number of benzene rings is 2. The maximum absolute atomic E-state index is 13.0. The van der Waals surface area contributed by atoms with Crippen LogP contribution in [0.15, 0.2) is 58.8 Å². The number of azo groups is 1. The summed E-state index contributed by atoms with van der Waals surface area (Å²) in [4.78, 5) is 24.6. The first kappa shape index (κ1) is 19.6. The van der Waals surface area contributed by atoms with E-state index in [0.29, 0.717) is 16.4 Å². The summed E-state index contributed by atoms with van der Waals surface area (Å²) < 4.78 is 0. The minimum Gasteiger partial charge on any atom is -0.286 e. The van der Waals surface area contributed by atoms with Gasteiger partial charge >= 0.3 is 0 Å². The summed E-state index contributed by atoms with van der Waals surface area (Å²) in [6, 6.07) is 12.2. The van der Waals surface area contributed by atoms with Crippen LogP contribution in [0.3, 0.4) is 0 Å². The number of amidine groups is 1. The van der Waals surface area contributed by atoms with E-state index in [-0.39, 0.29) is 17.4 Å². The van der Waals surface area contributed by atoms with Gasteiger partial charge in [-0.25, -0.2) is 0 Å². The third-order valence-corrected chi connectivity index (χ3v) is 5.40. The zero-order valence-corrected chi connectivity index (χ0v) is 16.3. The molecule has 1 fully saturated rings. The first-order valence-corrected chi connectivity index (χ1v) is 8.82. The number of non-ortho nitro benzene ring substituents is 1. The molecule has 1 saturated heterocycles. The number of nitro benzene ring substituents is 1. The highest BCUT2D eigenvalue weighted by atomic mass is 35.5. The van der Waals surface area contributed by atoms with E-state index < -0.39 is 15.9 Å². The summed E-state index contributed by atoms with van der Waals surface area (Å²) >= 11 is 5.92. The average Bonchev–Trinajstić information content (AvgIpc) is 2.79. The van der Waals surface area contributed by atoms with Crippen LogP contribution in [-0.2, 0) is 4.79 Å². The van der Waals surface area contributed by atoms with E-state index in [2.05, 4.69) is 10.2 Å². The number of carbonyl (C=O) groups excluding carboxylic acids is 1. The predicted molar refractivity (Wildman–Crippen MR) is 106 cm³/mol. The van der Waals surface area contributed by atoms with E-state index in [9.17, 15) is 14.9 Å². The topological polar surface area (TPSA) is 112 Å². The number of nitrogens with zero attached hydrogens (tertiary/aromatic N) is 4. The van der Waals surface area contributed by atoms with Gasteiger partial charge in [-0.3, -0.25) is 25.2 Å². The molecular formula is C19H18ClN5O3. The molecule has 9 heteroatoms. The molecule has 0 aromatic heterocycles. The average molecular weight is 400 g/mol. The lowest BCUT2D eigenvalue weighted by molar-refractivity contribution is -0.384. The van der Waals surface area contributed by atoms with Gasteiger partial charge in [0.1, 0.15) is 5.84 Å². The van der Waals surface area contributed by atoms with Crippen molar-refractivity contribution in [3.05, 3.63) is 63.7 Å². The van der Waals surface area contributed by atoms with Crippen molar-refractivity contribution in [3.63, 3.8) is 0 Å². The Morgan fingerprint density at radius 3 is 2.18 bits per heavy atom. The molecule has 1 aliphatic rings. The summed E-state index contributed by atoms with van der Waals surface area (Å²) in [5.74, 6) is -0.277. The first-order chi connectivity index (χ1) is 13.1. The molecule has 0 aliphatic carbocycles. The zero-order valence-electron chi connectivity index (χ0n) is 15.5. The number of nitro groups is 1. The SMILES string of the molecule is CC1(C)C(=O)N(c2ccc(Cl)cc2)C(=N)C1(C)N=Nc1ccc([N+](=O)[O-])cc1. The molecule has 0 radical (unpaired) electrons. The minimum atomic E-state index is -1.22. The predicted octanol–water partition coefficient (Wildman–Crippen LogP) is 5.14. The van der Waals surface area contributed by atoms with Crippen LogP contribution < -0.4 is 4.90 Å². The number of halogens is 1. The van der Waals surface area contributed by atoms with Gasteiger partial charge in [0.15, 0.2) is 5.54 Å². The van der Waals surface area contributed by atoms with Crippen molar-refractivity contribution in [1.29, 1.82) is 5.41 Å². The fraction of sp³-hybridized carbons (Fsp3) is 0.263. The number of carbonyl (C=O) groups is 1. The Balaban J connectivity index is 1.96. The molecule has 1 heterocycles. The quantitative estimate of drug-likeness (QED) is 0.436. The maximum Gasteiger partial charge on any atom is 0.269 e. The van der Waals surface area contributed by atoms with E-state index in [1.807, 2.05) is 0 Å². The van der Waals surface area contributed by atoms with Gasteiger partial charge in [0.05, 0.1) is 21.7 Å². The van der Waals surface area contributed by atoms with Crippen molar-refractivity contribution in [3.8, 4) is 0 Å². The third kappa shape index (κ3) is 3.05. The standard InChI is InChI=1S/C19H18ClN5O3/c1-18(2)17(26)24(14-8-4-12(20)5-9-14)16(21)19(18,3)23-22-13-6-10-15(11-7-13)25(27)28/h4-11,21H,1-3H3. The normalized spacial score (nSPS) is 21.5. The van der Waals surface area contributed by atoms with Crippen molar-refractivity contribution >= 4 is 40.4 Å². The smallest absolute Gasteiger partial charge is 0.269 e. The van der Waals surface area contributed by atoms with E-state index in [1.165, 1.54) is 29.2 Å². The molecule has 1 amide bonds. The fourth-order valence-corrected chi connectivity index (χ4v) is 3.04. The van der Waals surface area contributed by atoms with Gasteiger partial charge in [-0.1, -0.05) is 11.6 Å². The van der Waals surface area contributed by atoms with Crippen LogP contribution in [-0.4, -0.2) is 22.2 Å². The molecule has 144 valence electrons. The minimum absolute atomic E-state index is 0.00418. The molecule has 28 heavy (non-hydrogen) atoms. The Kier molecular flexibility index (Phi) is 4.76. The van der Waals surface area contributed by atoms with Crippen LogP contribution >= 0.6 is 11.6 Å². The molecule has 1 unspecified atom stereocenters. The largest absolute Gasteiger partial charge is 0.286 e. The lowest BCUT2D eigenvalue weighted by Gasteiger charge is -2.28. The molecular weight excluding hydrogens is 382 g/mol. The van der Waals surface area contributed by atoms with Gasteiger partial charge in [0.2, 0.25) is 5.91 Å². The van der Waals surface area contributed by atoms with Crippen LogP contribution in [0.2, 0.25) is 5.02 Å². The molecule has 1 atom stereocenters. The Bertz CT molecular complexity index is 986. The lowest BCUT2D eigenvalue weighted by atomic mass is 9.76. The highest BCUT2D eigenvalue weighted by molar-refractivity contribution is 6.31. The van der Waals surface area contributed by atoms with Gasteiger partial charge in [-0.15, -0.1) is 0 Å². The van der Waals surface area contributed by atoms with Crippen LogP contribution in [0.1, 0.15) is 20.8 Å². The van der Waals surface area contributed by atoms with E-state index in [0.717, 1.165) is 0 Å². The maximum atomic E-state index is 13.0. The Morgan fingerprint density at radius 2 is 1.64 bits per heavy atom. The molecule has 1 N–H and O–H groups in total. The fourth-order valence-electron chi connectivity index (χ4n) is 2.91. The number of rotatable bonds is 4. The molecule has 0 bridgehead atoms. The highest BCUT2D eigenvalue weighted by Crippen LogP contribution is 2.46. The monoisotopic (exact) mass is 399 g/mol. The summed E-state index contributed by atoms with van der Waals surface area (Å²) in [7, 11) is 0. The molecule has 0 spiro atoms. The molecule has 1 aliphatic heterocycles. The number of nitrogens with one attached hydrogen (secondary N) is 1. The number of amides is 1. The summed E-state index contributed by atoms with van der Waals surface area (Å²) in [6.07, 6.45) is 0. The van der Waals surface area contributed by atoms with Gasteiger partial charge < -0.3 is 0 Å². The molecule has 3 rings (SSSR count). The van der Waals surface area contributed by atoms with Crippen molar-refractivity contribution in [1.82, 2.24) is 0 Å². The van der Waals surface area contributed by atoms with E-state index >= 15 is 0 Å². The molecule has 2 aromatic carbocycles. The summed E-state index contributed by atoms with van der Waals surface area (Å²) in [5, 5.41) is 28.4. The zero-order chi connectivity index (χ0) is 20.7. The van der Waals surface area contributed by atoms with Crippen molar-refractivity contribution in [2.24, 2.45) is 15.6 Å². The second-order valence-corrected chi connectivity index (χ2v) is 7.57. The second kappa shape index (κ2) is 6.79. The number of hydrogen-bond acceptors (Lipinski definition) is 6. The molecule has 2 aromatic rings. The highest BCUT2D eigenvalue weighted by Gasteiger charge is 2.61. The number of anilines is 1. The Hall–Kier alpha value is -3.13. The Morgan fingerprint density at radius 1 is 1.07 bits per heavy atom. The first-order valence-electron chi connectivity index (χ1n) is 8.44. The van der Waals surface area contributed by atoms with Crippen LogP contribution in [0.4, 0.5) is 17.1 Å². The molecule has 8 nitrogen and oxygen atoms in total. The van der Waals surface area contributed by atoms with Gasteiger partial charge in [-0.2, -0.15) is 10.2 Å². The van der Waals surface area contributed by atoms with Crippen LogP contribution in [0.5, 0.6) is 0 Å². The molecule has 0 saturated carbocycles. The summed E-state index contributed by atoms with van der Waals surface area (Å²) in [5.41, 5.74) is -1.36. The lowest BCUT2D eigenvalue weighted by Crippen LogP contribution is -2.42. The third-order valence-electron chi connectivity index (χ3n) is 5.15. The van der Waals surface area contributed by atoms with Gasteiger partial charge in [0.25, 0.3) is 5.69 Å². The van der Waals surface area contributed by atoms with Crippen molar-refractivity contribution in [2.45, 2.75) is 26.3 Å². The van der Waals surface area contributed by atoms with Crippen molar-refractivity contribution < 1.29 is 9.72 Å². The van der Waals surface area contributed by atoms with Crippen LogP contribution in [0, 0.1) is 20.9 Å². The Labute approximate surface area is 166 Å². The van der Waals surface area contributed by atoms with Crippen molar-refractivity contribution in [2.75, 3.05) is 4.90 Å². The number of hydrogen-bond donors (Lipinski definition) is 1.